The Labute approximate surface area is 176 Å². The Balaban J connectivity index is 0.00000300. The summed E-state index contributed by atoms with van der Waals surface area (Å²) in [7, 11) is 0. The number of carbonyl (C=O) groups is 2. The fraction of sp³-hybridized carbons (Fsp3) is 0.579. The van der Waals surface area contributed by atoms with Crippen molar-refractivity contribution >= 4 is 35.6 Å². The summed E-state index contributed by atoms with van der Waals surface area (Å²) in [6.07, 6.45) is 3.01. The van der Waals surface area contributed by atoms with Gasteiger partial charge < -0.3 is 20.4 Å². The van der Waals surface area contributed by atoms with Gasteiger partial charge in [-0.3, -0.25) is 19.7 Å². The Morgan fingerprint density at radius 3 is 2.72 bits per heavy atom. The number of benzene rings is 1. The third-order valence-electron chi connectivity index (χ3n) is 5.29. The van der Waals surface area contributed by atoms with Crippen LogP contribution in [0.4, 0.5) is 11.4 Å². The maximum Gasteiger partial charge on any atom is 0.269 e. The lowest BCUT2D eigenvalue weighted by Crippen LogP contribution is -2.57. The highest BCUT2D eigenvalue weighted by molar-refractivity contribution is 5.85. The van der Waals surface area contributed by atoms with E-state index < -0.39 is 4.92 Å². The van der Waals surface area contributed by atoms with Crippen molar-refractivity contribution in [3.63, 3.8) is 0 Å². The molecule has 2 fully saturated rings. The van der Waals surface area contributed by atoms with E-state index in [0.29, 0.717) is 39.0 Å². The van der Waals surface area contributed by atoms with Crippen LogP contribution in [-0.4, -0.2) is 71.8 Å². The van der Waals surface area contributed by atoms with Crippen LogP contribution < -0.4 is 10.6 Å². The molecule has 2 aliphatic rings. The highest BCUT2D eigenvalue weighted by Crippen LogP contribution is 2.19. The third-order valence-corrected chi connectivity index (χ3v) is 5.29. The Morgan fingerprint density at radius 2 is 2.03 bits per heavy atom. The molecular weight excluding hydrogens is 398 g/mol. The van der Waals surface area contributed by atoms with E-state index in [1.54, 1.807) is 12.1 Å². The number of piperidine rings is 1. The molecule has 0 aromatic heterocycles. The van der Waals surface area contributed by atoms with Gasteiger partial charge in [-0.1, -0.05) is 0 Å². The van der Waals surface area contributed by atoms with Gasteiger partial charge in [0.1, 0.15) is 0 Å². The average Bonchev–Trinajstić information content (AvgIpc) is 2.72. The standard InChI is InChI=1S/C19H27N5O4.ClH/c25-18(4-1-9-21-15-5-7-16(8-6-15)24(27)28)22-11-2-3-17(14-22)23-12-10-20-13-19(23)26;/h5-8,17,20-21H,1-4,9-14H2;1H. The minimum absolute atomic E-state index is 0. The average molecular weight is 426 g/mol. The SMILES string of the molecule is Cl.O=C(CCCNc1ccc([N+](=O)[O-])cc1)N1CCCC(N2CCNCC2=O)C1. The molecule has 1 atom stereocenters. The van der Waals surface area contributed by atoms with Crippen molar-refractivity contribution in [2.75, 3.05) is 44.6 Å². The molecule has 29 heavy (non-hydrogen) atoms. The number of hydrogen-bond acceptors (Lipinski definition) is 6. The molecule has 0 bridgehead atoms. The third kappa shape index (κ3) is 6.30. The Bertz CT molecular complexity index is 715. The molecule has 10 heteroatoms. The van der Waals surface area contributed by atoms with Crippen LogP contribution in [0.5, 0.6) is 0 Å². The summed E-state index contributed by atoms with van der Waals surface area (Å²) in [5, 5.41) is 16.9. The summed E-state index contributed by atoms with van der Waals surface area (Å²) >= 11 is 0. The molecule has 0 saturated carbocycles. The van der Waals surface area contributed by atoms with Crippen molar-refractivity contribution in [2.45, 2.75) is 31.7 Å². The minimum atomic E-state index is -0.428. The quantitative estimate of drug-likeness (QED) is 0.390. The zero-order valence-corrected chi connectivity index (χ0v) is 17.2. The number of hydrogen-bond donors (Lipinski definition) is 2. The summed E-state index contributed by atoms with van der Waals surface area (Å²) in [4.78, 5) is 38.7. The summed E-state index contributed by atoms with van der Waals surface area (Å²) in [5.41, 5.74) is 0.858. The Kier molecular flexibility index (Phi) is 8.66. The number of amides is 2. The first kappa shape index (κ1) is 22.9. The number of nitrogens with zero attached hydrogens (tertiary/aromatic N) is 3. The molecule has 0 radical (unpaired) electrons. The van der Waals surface area contributed by atoms with Crippen LogP contribution in [0.2, 0.25) is 0 Å². The van der Waals surface area contributed by atoms with E-state index in [1.165, 1.54) is 12.1 Å². The number of carbonyl (C=O) groups excluding carboxylic acids is 2. The van der Waals surface area contributed by atoms with Gasteiger partial charge in [0.2, 0.25) is 11.8 Å². The number of nitro benzene ring substituents is 1. The first-order valence-electron chi connectivity index (χ1n) is 9.81. The number of nitrogens with one attached hydrogen (secondary N) is 2. The molecule has 1 aromatic rings. The maximum atomic E-state index is 12.5. The molecule has 2 aliphatic heterocycles. The number of anilines is 1. The van der Waals surface area contributed by atoms with E-state index in [0.717, 1.165) is 31.6 Å². The number of non-ortho nitro benzene ring substituents is 1. The number of likely N-dealkylation sites (tertiary alicyclic amines) is 1. The first-order valence-corrected chi connectivity index (χ1v) is 9.81. The molecule has 1 unspecified atom stereocenters. The number of rotatable bonds is 7. The van der Waals surface area contributed by atoms with Crippen molar-refractivity contribution in [3.05, 3.63) is 34.4 Å². The molecule has 2 N–H and O–H groups in total. The summed E-state index contributed by atoms with van der Waals surface area (Å²) in [6.45, 7) is 3.91. The molecule has 2 heterocycles. The van der Waals surface area contributed by atoms with Gasteiger partial charge in [-0.25, -0.2) is 0 Å². The van der Waals surface area contributed by atoms with Crippen LogP contribution in [-0.2, 0) is 9.59 Å². The molecule has 2 saturated heterocycles. The van der Waals surface area contributed by atoms with Crippen LogP contribution in [0.15, 0.2) is 24.3 Å². The van der Waals surface area contributed by atoms with Gasteiger partial charge in [0.15, 0.2) is 0 Å². The molecule has 160 valence electrons. The number of halogens is 1. The van der Waals surface area contributed by atoms with E-state index in [9.17, 15) is 19.7 Å². The van der Waals surface area contributed by atoms with Crippen molar-refractivity contribution in [1.29, 1.82) is 0 Å². The fourth-order valence-corrected chi connectivity index (χ4v) is 3.77. The zero-order chi connectivity index (χ0) is 19.9. The van der Waals surface area contributed by atoms with Gasteiger partial charge in [0.05, 0.1) is 11.5 Å². The fourth-order valence-electron chi connectivity index (χ4n) is 3.77. The molecule has 0 spiro atoms. The monoisotopic (exact) mass is 425 g/mol. The van der Waals surface area contributed by atoms with E-state index in [4.69, 9.17) is 0 Å². The minimum Gasteiger partial charge on any atom is -0.385 e. The van der Waals surface area contributed by atoms with Crippen LogP contribution in [0.3, 0.4) is 0 Å². The predicted octanol–water partition coefficient (Wildman–Crippen LogP) is 1.63. The second-order valence-corrected chi connectivity index (χ2v) is 7.23. The van der Waals surface area contributed by atoms with Gasteiger partial charge in [-0.15, -0.1) is 12.4 Å². The van der Waals surface area contributed by atoms with Crippen molar-refractivity contribution in [3.8, 4) is 0 Å². The summed E-state index contributed by atoms with van der Waals surface area (Å²) < 4.78 is 0. The molecule has 9 nitrogen and oxygen atoms in total. The maximum absolute atomic E-state index is 12.5. The van der Waals surface area contributed by atoms with E-state index in [2.05, 4.69) is 10.6 Å². The van der Waals surface area contributed by atoms with Gasteiger partial charge in [-0.2, -0.15) is 0 Å². The van der Waals surface area contributed by atoms with Crippen LogP contribution >= 0.6 is 12.4 Å². The normalized spacial score (nSPS) is 19.4. The van der Waals surface area contributed by atoms with Crippen molar-refractivity contribution in [1.82, 2.24) is 15.1 Å². The lowest BCUT2D eigenvalue weighted by Gasteiger charge is -2.41. The Morgan fingerprint density at radius 1 is 1.28 bits per heavy atom. The van der Waals surface area contributed by atoms with E-state index in [-0.39, 0.29) is 36.0 Å². The zero-order valence-electron chi connectivity index (χ0n) is 16.3. The van der Waals surface area contributed by atoms with Crippen LogP contribution in [0.1, 0.15) is 25.7 Å². The second kappa shape index (κ2) is 11.0. The van der Waals surface area contributed by atoms with Gasteiger partial charge in [-0.05, 0) is 31.4 Å². The van der Waals surface area contributed by atoms with E-state index in [1.807, 2.05) is 9.80 Å². The predicted molar refractivity (Wildman–Crippen MR) is 112 cm³/mol. The van der Waals surface area contributed by atoms with Gasteiger partial charge in [0.25, 0.3) is 5.69 Å². The van der Waals surface area contributed by atoms with Crippen molar-refractivity contribution in [2.24, 2.45) is 0 Å². The van der Waals surface area contributed by atoms with E-state index >= 15 is 0 Å². The molecule has 2 amide bonds. The molecular formula is C19H28ClN5O4. The summed E-state index contributed by atoms with van der Waals surface area (Å²) in [6, 6.07) is 6.38. The summed E-state index contributed by atoms with van der Waals surface area (Å²) in [5.74, 6) is 0.246. The molecule has 1 aromatic carbocycles. The molecule has 3 rings (SSSR count). The van der Waals surface area contributed by atoms with Crippen LogP contribution in [0, 0.1) is 10.1 Å². The van der Waals surface area contributed by atoms with Crippen molar-refractivity contribution < 1.29 is 14.5 Å². The largest absolute Gasteiger partial charge is 0.385 e. The van der Waals surface area contributed by atoms with Gasteiger partial charge in [0, 0.05) is 63.0 Å². The Hall–Kier alpha value is -2.39. The first-order chi connectivity index (χ1) is 13.5. The smallest absolute Gasteiger partial charge is 0.269 e. The second-order valence-electron chi connectivity index (χ2n) is 7.23. The van der Waals surface area contributed by atoms with Crippen LogP contribution in [0.25, 0.3) is 0 Å². The number of piperazine rings is 1. The topological polar surface area (TPSA) is 108 Å². The lowest BCUT2D eigenvalue weighted by molar-refractivity contribution is -0.384. The highest BCUT2D eigenvalue weighted by atomic mass is 35.5. The number of nitro groups is 1. The lowest BCUT2D eigenvalue weighted by atomic mass is 10.0. The van der Waals surface area contributed by atoms with Gasteiger partial charge >= 0.3 is 0 Å². The molecule has 0 aliphatic carbocycles. The highest BCUT2D eigenvalue weighted by Gasteiger charge is 2.31.